The highest BCUT2D eigenvalue weighted by atomic mass is 32.2. The van der Waals surface area contributed by atoms with E-state index >= 15 is 0 Å². The van der Waals surface area contributed by atoms with Crippen LogP contribution in [-0.2, 0) is 4.79 Å². The zero-order valence-electron chi connectivity index (χ0n) is 12.2. The van der Waals surface area contributed by atoms with Crippen LogP contribution in [0.15, 0.2) is 5.03 Å². The molecule has 6 nitrogen and oxygen atoms in total. The maximum Gasteiger partial charge on any atom is 0.248 e. The predicted octanol–water partition coefficient (Wildman–Crippen LogP) is 2.74. The number of amides is 1. The molecule has 3 heterocycles. The van der Waals surface area contributed by atoms with Crippen molar-refractivity contribution in [3.05, 3.63) is 10.6 Å². The van der Waals surface area contributed by atoms with Gasteiger partial charge < -0.3 is 5.32 Å². The Morgan fingerprint density at radius 2 is 2.05 bits per heavy atom. The second-order valence-corrected chi connectivity index (χ2v) is 6.43. The number of fused-ring (bicyclic) bond motifs is 3. The van der Waals surface area contributed by atoms with Crippen molar-refractivity contribution in [2.75, 3.05) is 11.6 Å². The Morgan fingerprint density at radius 3 is 2.67 bits per heavy atom. The third-order valence-corrected chi connectivity index (χ3v) is 4.44. The molecule has 8 heteroatoms. The summed E-state index contributed by atoms with van der Waals surface area (Å²) in [6, 6.07) is -0.333. The number of rotatable bonds is 2. The number of thioether (sulfide) groups is 1. The van der Waals surface area contributed by atoms with Gasteiger partial charge in [0, 0.05) is 0 Å². The van der Waals surface area contributed by atoms with Crippen LogP contribution in [0, 0.1) is 17.6 Å². The van der Waals surface area contributed by atoms with Gasteiger partial charge in [-0.3, -0.25) is 9.36 Å². The molecule has 1 unspecified atom stereocenters. The molecule has 0 saturated heterocycles. The van der Waals surface area contributed by atoms with Crippen molar-refractivity contribution < 1.29 is 4.79 Å². The van der Waals surface area contributed by atoms with Crippen LogP contribution in [0.5, 0.6) is 0 Å². The minimum Gasteiger partial charge on any atom is -0.309 e. The number of hydrogen-bond donors (Lipinski definition) is 1. The lowest BCUT2D eigenvalue weighted by molar-refractivity contribution is -0.119. The van der Waals surface area contributed by atoms with Gasteiger partial charge >= 0.3 is 0 Å². The lowest BCUT2D eigenvalue weighted by Crippen LogP contribution is -2.21. The summed E-state index contributed by atoms with van der Waals surface area (Å²) in [6.07, 6.45) is 1.94. The molecule has 0 spiro atoms. The number of carbonyl (C=O) groups is 1. The molecule has 0 radical (unpaired) electrons. The molecule has 1 amide bonds. The number of carbonyl (C=O) groups excluding carboxylic acids is 1. The average Bonchev–Trinajstić information content (AvgIpc) is 2.75. The van der Waals surface area contributed by atoms with Crippen LogP contribution in [0.3, 0.4) is 0 Å². The average molecular weight is 321 g/mol. The molecule has 110 valence electrons. The van der Waals surface area contributed by atoms with Crippen LogP contribution in [0.2, 0.25) is 0 Å². The van der Waals surface area contributed by atoms with Gasteiger partial charge in [0.25, 0.3) is 0 Å². The van der Waals surface area contributed by atoms with Crippen molar-refractivity contribution in [3.63, 3.8) is 0 Å². The lowest BCUT2D eigenvalue weighted by Gasteiger charge is -2.16. The molecular weight excluding hydrogens is 306 g/mol. The highest BCUT2D eigenvalue weighted by Gasteiger charge is 2.35. The summed E-state index contributed by atoms with van der Waals surface area (Å²) >= 11 is 6.88. The summed E-state index contributed by atoms with van der Waals surface area (Å²) in [4.78, 5) is 25.5. The predicted molar refractivity (Wildman–Crippen MR) is 85.2 cm³/mol. The molecule has 0 bridgehead atoms. The molecule has 1 aliphatic rings. The van der Waals surface area contributed by atoms with Gasteiger partial charge in [-0.15, -0.1) is 11.8 Å². The maximum absolute atomic E-state index is 12.3. The summed E-state index contributed by atoms with van der Waals surface area (Å²) in [6.45, 7) is 5.80. The Labute approximate surface area is 131 Å². The first kappa shape index (κ1) is 14.4. The first-order valence-electron chi connectivity index (χ1n) is 6.59. The SMILES string of the molecule is CSc1nc(C)nc2nc(=S)n3c(c12)NC(=O)C3C(C)C. The van der Waals surface area contributed by atoms with Gasteiger partial charge in [0.05, 0.1) is 5.39 Å². The Balaban J connectivity index is 2.43. The number of aryl methyl sites for hydroxylation is 1. The van der Waals surface area contributed by atoms with Crippen LogP contribution in [0.1, 0.15) is 25.7 Å². The van der Waals surface area contributed by atoms with E-state index in [0.717, 1.165) is 10.4 Å². The van der Waals surface area contributed by atoms with Gasteiger partial charge in [0.15, 0.2) is 5.65 Å². The fourth-order valence-corrected chi connectivity index (χ4v) is 3.53. The number of aromatic nitrogens is 4. The van der Waals surface area contributed by atoms with Crippen molar-refractivity contribution in [3.8, 4) is 0 Å². The quantitative estimate of drug-likeness (QED) is 0.521. The number of hydrogen-bond acceptors (Lipinski definition) is 6. The minimum absolute atomic E-state index is 0.0574. The van der Waals surface area contributed by atoms with Gasteiger partial charge in [-0.05, 0) is 31.3 Å². The summed E-state index contributed by atoms with van der Waals surface area (Å²) in [5, 5.41) is 4.49. The first-order valence-corrected chi connectivity index (χ1v) is 8.23. The molecule has 0 fully saturated rings. The van der Waals surface area contributed by atoms with Crippen LogP contribution in [-0.4, -0.2) is 31.7 Å². The molecule has 0 saturated carbocycles. The Kier molecular flexibility index (Phi) is 3.45. The molecule has 2 aromatic heterocycles. The van der Waals surface area contributed by atoms with Crippen molar-refractivity contribution in [1.29, 1.82) is 0 Å². The third kappa shape index (κ3) is 2.13. The van der Waals surface area contributed by atoms with Crippen molar-refractivity contribution in [1.82, 2.24) is 19.5 Å². The maximum atomic E-state index is 12.3. The van der Waals surface area contributed by atoms with E-state index in [-0.39, 0.29) is 17.9 Å². The topological polar surface area (TPSA) is 72.7 Å². The summed E-state index contributed by atoms with van der Waals surface area (Å²) < 4.78 is 2.17. The highest BCUT2D eigenvalue weighted by Crippen LogP contribution is 2.37. The molecule has 1 atom stereocenters. The smallest absolute Gasteiger partial charge is 0.248 e. The largest absolute Gasteiger partial charge is 0.309 e. The normalized spacial score (nSPS) is 17.4. The molecule has 1 aliphatic heterocycles. The molecule has 2 aromatic rings. The summed E-state index contributed by atoms with van der Waals surface area (Å²) in [7, 11) is 0. The van der Waals surface area contributed by atoms with Crippen LogP contribution in [0.25, 0.3) is 11.0 Å². The van der Waals surface area contributed by atoms with Gasteiger partial charge in [0.2, 0.25) is 10.7 Å². The molecule has 0 aromatic carbocycles. The van der Waals surface area contributed by atoms with Crippen LogP contribution < -0.4 is 5.32 Å². The third-order valence-electron chi connectivity index (χ3n) is 3.47. The van der Waals surface area contributed by atoms with Crippen molar-refractivity contribution >= 4 is 46.7 Å². The van der Waals surface area contributed by atoms with Gasteiger partial charge in [-0.25, -0.2) is 9.97 Å². The van der Waals surface area contributed by atoms with Gasteiger partial charge in [-0.2, -0.15) is 4.98 Å². The summed E-state index contributed by atoms with van der Waals surface area (Å²) in [5.74, 6) is 1.38. The van der Waals surface area contributed by atoms with E-state index in [1.165, 1.54) is 11.8 Å². The zero-order chi connectivity index (χ0) is 15.3. The summed E-state index contributed by atoms with van der Waals surface area (Å²) in [5.41, 5.74) is 0.535. The van der Waals surface area contributed by atoms with E-state index in [1.807, 2.05) is 27.0 Å². The molecule has 21 heavy (non-hydrogen) atoms. The zero-order valence-corrected chi connectivity index (χ0v) is 13.8. The van der Waals surface area contributed by atoms with Crippen LogP contribution >= 0.6 is 24.0 Å². The van der Waals surface area contributed by atoms with E-state index < -0.39 is 0 Å². The molecular formula is C13H15N5OS2. The Bertz CT molecular complexity index is 814. The number of nitrogens with zero attached hydrogens (tertiary/aromatic N) is 4. The molecule has 0 aliphatic carbocycles. The van der Waals surface area contributed by atoms with Gasteiger partial charge in [0.1, 0.15) is 22.7 Å². The van der Waals surface area contributed by atoms with Crippen LogP contribution in [0.4, 0.5) is 5.82 Å². The fourth-order valence-electron chi connectivity index (χ4n) is 2.62. The standard InChI is InChI=1S/C13H15N5OS2/c1-5(2)8-11(19)17-10-7-9(16-13(20)18(8)10)14-6(3)15-12(7)21-4/h5,8H,1-4H3,(H,17,19). The van der Waals surface area contributed by atoms with E-state index in [4.69, 9.17) is 12.2 Å². The second kappa shape index (κ2) is 5.03. The minimum atomic E-state index is -0.333. The number of nitrogens with one attached hydrogen (secondary N) is 1. The monoisotopic (exact) mass is 321 g/mol. The fraction of sp³-hybridized carbons (Fsp3) is 0.462. The van der Waals surface area contributed by atoms with E-state index in [9.17, 15) is 4.79 Å². The Hall–Kier alpha value is -1.54. The second-order valence-electron chi connectivity index (χ2n) is 5.27. The number of anilines is 1. The van der Waals surface area contributed by atoms with Crippen molar-refractivity contribution in [2.24, 2.45) is 5.92 Å². The van der Waals surface area contributed by atoms with E-state index in [1.54, 1.807) is 4.57 Å². The lowest BCUT2D eigenvalue weighted by atomic mass is 10.0. The van der Waals surface area contributed by atoms with E-state index in [2.05, 4.69) is 20.3 Å². The first-order chi connectivity index (χ1) is 9.93. The highest BCUT2D eigenvalue weighted by molar-refractivity contribution is 7.98. The molecule has 1 N–H and O–H groups in total. The van der Waals surface area contributed by atoms with Crippen molar-refractivity contribution in [2.45, 2.75) is 31.8 Å². The molecule has 3 rings (SSSR count). The van der Waals surface area contributed by atoms with E-state index in [0.29, 0.717) is 22.1 Å². The Morgan fingerprint density at radius 1 is 1.33 bits per heavy atom. The van der Waals surface area contributed by atoms with Gasteiger partial charge in [-0.1, -0.05) is 13.8 Å².